The van der Waals surface area contributed by atoms with Crippen molar-refractivity contribution in [1.29, 1.82) is 0 Å². The van der Waals surface area contributed by atoms with E-state index in [0.717, 1.165) is 44.9 Å². The molecule has 1 heterocycles. The van der Waals surface area contributed by atoms with Gasteiger partial charge in [-0.3, -0.25) is 0 Å². The van der Waals surface area contributed by atoms with E-state index in [2.05, 4.69) is 60.8 Å². The second-order valence-corrected chi connectivity index (χ2v) is 10.9. The lowest BCUT2D eigenvalue weighted by molar-refractivity contribution is -0.237. The zero-order valence-corrected chi connectivity index (χ0v) is 20.0. The summed E-state index contributed by atoms with van der Waals surface area (Å²) in [6.45, 7) is 5.92. The first-order valence-corrected chi connectivity index (χ1v) is 12.8. The van der Waals surface area contributed by atoms with Crippen LogP contribution in [-0.4, -0.2) is 32.7 Å². The molecular formula is C29H37NO3. The van der Waals surface area contributed by atoms with Gasteiger partial charge in [0.25, 0.3) is 0 Å². The van der Waals surface area contributed by atoms with Crippen LogP contribution in [0.5, 0.6) is 5.75 Å². The molecule has 2 aromatic carbocycles. The third-order valence-corrected chi connectivity index (χ3v) is 9.43. The summed E-state index contributed by atoms with van der Waals surface area (Å²) < 4.78 is 18.5. The summed E-state index contributed by atoms with van der Waals surface area (Å²) in [5.41, 5.74) is 4.51. The molecule has 0 bridgehead atoms. The van der Waals surface area contributed by atoms with Gasteiger partial charge in [0.05, 0.1) is 20.3 Å². The van der Waals surface area contributed by atoms with Crippen LogP contribution in [0.4, 0.5) is 0 Å². The number of methoxy groups -OCH3 is 1. The lowest BCUT2D eigenvalue weighted by Crippen LogP contribution is -2.52. The average molecular weight is 448 g/mol. The molecule has 4 nitrogen and oxygen atoms in total. The van der Waals surface area contributed by atoms with Crippen molar-refractivity contribution >= 4 is 0 Å². The van der Waals surface area contributed by atoms with Gasteiger partial charge in [-0.15, -0.1) is 0 Å². The van der Waals surface area contributed by atoms with Crippen LogP contribution in [0.25, 0.3) is 0 Å². The highest BCUT2D eigenvalue weighted by Crippen LogP contribution is 2.68. The maximum atomic E-state index is 6.48. The van der Waals surface area contributed by atoms with Gasteiger partial charge in [-0.05, 0) is 84.7 Å². The Morgan fingerprint density at radius 2 is 1.88 bits per heavy atom. The van der Waals surface area contributed by atoms with E-state index < -0.39 is 0 Å². The van der Waals surface area contributed by atoms with Crippen molar-refractivity contribution in [1.82, 2.24) is 5.32 Å². The van der Waals surface area contributed by atoms with E-state index in [9.17, 15) is 0 Å². The zero-order valence-electron chi connectivity index (χ0n) is 20.0. The second kappa shape index (κ2) is 8.41. The van der Waals surface area contributed by atoms with Crippen LogP contribution in [0.3, 0.4) is 0 Å². The quantitative estimate of drug-likeness (QED) is 0.674. The number of fused-ring (bicyclic) bond motifs is 6. The maximum Gasteiger partial charge on any atom is 0.174 e. The van der Waals surface area contributed by atoms with Crippen molar-refractivity contribution in [3.05, 3.63) is 65.2 Å². The third kappa shape index (κ3) is 3.45. The first kappa shape index (κ1) is 21.6. The molecule has 4 aliphatic rings. The van der Waals surface area contributed by atoms with Gasteiger partial charge in [0.1, 0.15) is 5.75 Å². The molecule has 5 atom stereocenters. The minimum absolute atomic E-state index is 0.0910. The lowest BCUT2D eigenvalue weighted by atomic mass is 9.53. The van der Waals surface area contributed by atoms with Gasteiger partial charge in [-0.25, -0.2) is 0 Å². The molecule has 0 aromatic heterocycles. The van der Waals surface area contributed by atoms with Crippen molar-refractivity contribution in [2.75, 3.05) is 26.9 Å². The summed E-state index contributed by atoms with van der Waals surface area (Å²) in [4.78, 5) is 0. The van der Waals surface area contributed by atoms with E-state index in [-0.39, 0.29) is 11.2 Å². The monoisotopic (exact) mass is 447 g/mol. The number of ether oxygens (including phenoxy) is 3. The number of hydrogen-bond donors (Lipinski definition) is 1. The van der Waals surface area contributed by atoms with Gasteiger partial charge in [0.15, 0.2) is 5.79 Å². The number of benzene rings is 2. The van der Waals surface area contributed by atoms with Crippen LogP contribution in [0.1, 0.15) is 55.2 Å². The number of nitrogens with one attached hydrogen (secondary N) is 1. The number of hydrogen-bond acceptors (Lipinski definition) is 4. The van der Waals surface area contributed by atoms with Gasteiger partial charge in [-0.1, -0.05) is 43.3 Å². The Morgan fingerprint density at radius 3 is 2.67 bits per heavy atom. The molecule has 2 saturated carbocycles. The Balaban J connectivity index is 1.28. The summed E-state index contributed by atoms with van der Waals surface area (Å²) in [7, 11) is 1.77. The molecule has 0 amide bonds. The SMILES string of the molecule is COc1ccc2c(c1)CC[C@H]1[C@@H]3[C@@H](CNCc4ccccc4)CC4(OCCO4)[C@@]3(C)CC[C@H]21. The molecular weight excluding hydrogens is 410 g/mol. The highest BCUT2D eigenvalue weighted by Gasteiger charge is 2.68. The fourth-order valence-corrected chi connectivity index (χ4v) is 8.05. The molecule has 3 fully saturated rings. The van der Waals surface area contributed by atoms with Crippen LogP contribution in [0, 0.1) is 23.2 Å². The molecule has 1 N–H and O–H groups in total. The summed E-state index contributed by atoms with van der Waals surface area (Å²) in [6, 6.07) is 17.5. The predicted octanol–water partition coefficient (Wildman–Crippen LogP) is 5.31. The van der Waals surface area contributed by atoms with Crippen molar-refractivity contribution in [3.63, 3.8) is 0 Å². The first-order chi connectivity index (χ1) is 16.1. The van der Waals surface area contributed by atoms with Gasteiger partial charge < -0.3 is 19.5 Å². The predicted molar refractivity (Wildman–Crippen MR) is 129 cm³/mol. The smallest absolute Gasteiger partial charge is 0.174 e. The Bertz CT molecular complexity index is 986. The van der Waals surface area contributed by atoms with Crippen molar-refractivity contribution in [3.8, 4) is 5.75 Å². The lowest BCUT2D eigenvalue weighted by Gasteiger charge is -2.53. The largest absolute Gasteiger partial charge is 0.497 e. The van der Waals surface area contributed by atoms with Crippen LogP contribution < -0.4 is 10.1 Å². The van der Waals surface area contributed by atoms with E-state index in [1.54, 1.807) is 12.7 Å². The van der Waals surface area contributed by atoms with Crippen LogP contribution >= 0.6 is 0 Å². The molecule has 0 unspecified atom stereocenters. The van der Waals surface area contributed by atoms with E-state index in [0.29, 0.717) is 23.7 Å². The second-order valence-electron chi connectivity index (χ2n) is 10.9. The minimum atomic E-state index is -0.387. The van der Waals surface area contributed by atoms with E-state index in [4.69, 9.17) is 14.2 Å². The minimum Gasteiger partial charge on any atom is -0.497 e. The van der Waals surface area contributed by atoms with Crippen LogP contribution in [0.2, 0.25) is 0 Å². The Labute approximate surface area is 198 Å². The average Bonchev–Trinajstić information content (AvgIpc) is 3.42. The van der Waals surface area contributed by atoms with Gasteiger partial charge in [0, 0.05) is 18.4 Å². The van der Waals surface area contributed by atoms with Gasteiger partial charge in [0.2, 0.25) is 0 Å². The highest BCUT2D eigenvalue weighted by molar-refractivity contribution is 5.41. The zero-order chi connectivity index (χ0) is 22.5. The molecule has 1 saturated heterocycles. The topological polar surface area (TPSA) is 39.7 Å². The van der Waals surface area contributed by atoms with Crippen molar-refractivity contribution in [2.45, 2.75) is 57.3 Å². The van der Waals surface area contributed by atoms with Gasteiger partial charge in [-0.2, -0.15) is 0 Å². The standard InChI is InChI=1S/C29H37NO3/c1-28-13-12-25-24-11-9-23(31-2)16-21(24)8-10-26(25)27(28)22(17-29(28)32-14-15-33-29)19-30-18-20-6-4-3-5-7-20/h3-7,9,11,16,22,25-27,30H,8,10,12-15,17-19H2,1-2H3/t22-,25-,26-,27+,28+/m1/s1. The van der Waals surface area contributed by atoms with Crippen LogP contribution in [0.15, 0.2) is 48.5 Å². The number of aryl methyl sites for hydroxylation is 1. The summed E-state index contributed by atoms with van der Waals surface area (Å²) in [5.74, 6) is 3.13. The van der Waals surface area contributed by atoms with E-state index >= 15 is 0 Å². The van der Waals surface area contributed by atoms with E-state index in [1.807, 2.05) is 0 Å². The summed E-state index contributed by atoms with van der Waals surface area (Å²) >= 11 is 0. The molecule has 33 heavy (non-hydrogen) atoms. The Kier molecular flexibility index (Phi) is 5.51. The molecule has 1 aliphatic heterocycles. The van der Waals surface area contributed by atoms with E-state index in [1.165, 1.54) is 30.4 Å². The molecule has 3 aliphatic carbocycles. The molecule has 1 spiro atoms. The Morgan fingerprint density at radius 1 is 1.06 bits per heavy atom. The van der Waals surface area contributed by atoms with Crippen LogP contribution in [-0.2, 0) is 22.4 Å². The van der Waals surface area contributed by atoms with Gasteiger partial charge >= 0.3 is 0 Å². The molecule has 4 heteroatoms. The Hall–Kier alpha value is -1.88. The molecule has 2 aromatic rings. The normalized spacial score (nSPS) is 34.0. The fraction of sp³-hybridized carbons (Fsp3) is 0.586. The molecule has 6 rings (SSSR count). The number of rotatable bonds is 5. The fourth-order valence-electron chi connectivity index (χ4n) is 8.05. The molecule has 176 valence electrons. The maximum absolute atomic E-state index is 6.48. The molecule has 0 radical (unpaired) electrons. The summed E-state index contributed by atoms with van der Waals surface area (Å²) in [6.07, 6.45) is 5.85. The van der Waals surface area contributed by atoms with Crippen molar-refractivity contribution in [2.24, 2.45) is 23.2 Å². The third-order valence-electron chi connectivity index (χ3n) is 9.43. The first-order valence-electron chi connectivity index (χ1n) is 12.8. The highest BCUT2D eigenvalue weighted by atomic mass is 16.7. The summed E-state index contributed by atoms with van der Waals surface area (Å²) in [5, 5.41) is 3.80. The van der Waals surface area contributed by atoms with Crippen molar-refractivity contribution < 1.29 is 14.2 Å².